The smallest absolute Gasteiger partial charge is 0.303 e. The van der Waals surface area contributed by atoms with E-state index in [0.717, 1.165) is 25.8 Å². The molecular weight excluding hydrogens is 334 g/mol. The molecule has 5 atom stereocenters. The third-order valence-corrected chi connectivity index (χ3v) is 5.48. The Morgan fingerprint density at radius 2 is 2.08 bits per heavy atom. The molecule has 0 spiro atoms. The second kappa shape index (κ2) is 11.7. The molecule has 2 bridgehead atoms. The number of aliphatic hydroxyl groups is 1. The molecule has 0 amide bonds. The molecule has 150 valence electrons. The summed E-state index contributed by atoms with van der Waals surface area (Å²) in [6.45, 7) is 4.40. The number of unbranched alkanes of at least 4 members (excludes halogenated alkanes) is 1. The normalized spacial score (nSPS) is 28.8. The van der Waals surface area contributed by atoms with Gasteiger partial charge in [-0.05, 0) is 63.8 Å². The van der Waals surface area contributed by atoms with Crippen molar-refractivity contribution in [3.8, 4) is 0 Å². The maximum Gasteiger partial charge on any atom is 0.303 e. The van der Waals surface area contributed by atoms with E-state index in [1.165, 1.54) is 12.8 Å². The van der Waals surface area contributed by atoms with Crippen LogP contribution in [-0.4, -0.2) is 60.8 Å². The van der Waals surface area contributed by atoms with Gasteiger partial charge in [-0.15, -0.1) is 0 Å². The van der Waals surface area contributed by atoms with Gasteiger partial charge in [0.1, 0.15) is 0 Å². The molecule has 0 saturated carbocycles. The van der Waals surface area contributed by atoms with E-state index in [2.05, 4.69) is 17.5 Å². The van der Waals surface area contributed by atoms with Crippen LogP contribution in [0.15, 0.2) is 12.2 Å². The third-order valence-electron chi connectivity index (χ3n) is 5.48. The van der Waals surface area contributed by atoms with Gasteiger partial charge in [0, 0.05) is 19.6 Å². The van der Waals surface area contributed by atoms with Crippen molar-refractivity contribution in [3.05, 3.63) is 12.2 Å². The van der Waals surface area contributed by atoms with Crippen LogP contribution in [-0.2, 0) is 14.3 Å². The molecule has 2 rings (SSSR count). The molecule has 26 heavy (non-hydrogen) atoms. The van der Waals surface area contributed by atoms with Crippen molar-refractivity contribution >= 4 is 5.97 Å². The number of aliphatic hydroxyl groups excluding tert-OH is 1. The molecule has 2 saturated heterocycles. The number of hydrogen-bond donors (Lipinski definition) is 3. The van der Waals surface area contributed by atoms with Crippen molar-refractivity contribution in [2.45, 2.75) is 70.2 Å². The number of carbonyl (C=O) groups is 1. The van der Waals surface area contributed by atoms with Crippen LogP contribution in [0.25, 0.3) is 0 Å². The number of ether oxygens (including phenoxy) is 2. The Kier molecular flexibility index (Phi) is 9.61. The molecular formula is C20H35NO5. The molecule has 3 N–H and O–H groups in total. The lowest BCUT2D eigenvalue weighted by Gasteiger charge is -2.27. The highest BCUT2D eigenvalue weighted by molar-refractivity contribution is 5.66. The first-order chi connectivity index (χ1) is 12.6. The van der Waals surface area contributed by atoms with Crippen molar-refractivity contribution in [3.63, 3.8) is 0 Å². The topological polar surface area (TPSA) is 88.0 Å². The summed E-state index contributed by atoms with van der Waals surface area (Å²) in [4.78, 5) is 10.5. The standard InChI is InChI=1S/C20H35NO5/c1-2-25-14-15(22)13-21-12-11-17-16(18-9-10-19(17)26-18)7-5-3-4-6-8-20(23)24/h3,5,15-19,21-22H,2,4,6-14H2,1H3,(H,23,24)/t15?,16-,17+,18-,19+/m1/s1. The van der Waals surface area contributed by atoms with Crippen LogP contribution in [0.2, 0.25) is 0 Å². The fourth-order valence-corrected chi connectivity index (χ4v) is 4.19. The summed E-state index contributed by atoms with van der Waals surface area (Å²) < 4.78 is 11.3. The van der Waals surface area contributed by atoms with Crippen LogP contribution in [0.5, 0.6) is 0 Å². The summed E-state index contributed by atoms with van der Waals surface area (Å²) in [5.41, 5.74) is 0. The van der Waals surface area contributed by atoms with E-state index in [4.69, 9.17) is 14.6 Å². The van der Waals surface area contributed by atoms with Crippen LogP contribution in [0.3, 0.4) is 0 Å². The van der Waals surface area contributed by atoms with Gasteiger partial charge in [-0.3, -0.25) is 4.79 Å². The Bertz CT molecular complexity index is 442. The van der Waals surface area contributed by atoms with Crippen molar-refractivity contribution < 1.29 is 24.5 Å². The minimum Gasteiger partial charge on any atom is -0.481 e. The molecule has 0 aromatic rings. The minimum absolute atomic E-state index is 0.241. The molecule has 0 aromatic heterocycles. The van der Waals surface area contributed by atoms with Crippen molar-refractivity contribution in [2.24, 2.45) is 11.8 Å². The number of allylic oxidation sites excluding steroid dienone is 2. The molecule has 1 unspecified atom stereocenters. The highest BCUT2D eigenvalue weighted by Gasteiger charge is 2.47. The first-order valence-corrected chi connectivity index (χ1v) is 10.1. The molecule has 2 heterocycles. The summed E-state index contributed by atoms with van der Waals surface area (Å²) in [5.74, 6) is 0.424. The maximum absolute atomic E-state index is 10.5. The number of aliphatic carboxylic acids is 1. The SMILES string of the molecule is CCOCC(O)CNCC[C@H]1[C@@H](CC=CCCCC(=O)O)[C@H]2CC[C@@H]1O2. The number of fused-ring (bicyclic) bond motifs is 2. The number of carboxylic acids is 1. The van der Waals surface area contributed by atoms with Gasteiger partial charge >= 0.3 is 5.97 Å². The third kappa shape index (κ3) is 6.99. The largest absolute Gasteiger partial charge is 0.481 e. The van der Waals surface area contributed by atoms with E-state index in [0.29, 0.717) is 50.2 Å². The van der Waals surface area contributed by atoms with Crippen LogP contribution in [0, 0.1) is 11.8 Å². The van der Waals surface area contributed by atoms with E-state index in [9.17, 15) is 9.90 Å². The second-order valence-corrected chi connectivity index (χ2v) is 7.42. The van der Waals surface area contributed by atoms with Gasteiger partial charge in [0.25, 0.3) is 0 Å². The van der Waals surface area contributed by atoms with Crippen molar-refractivity contribution in [1.29, 1.82) is 0 Å². The highest BCUT2D eigenvalue weighted by atomic mass is 16.5. The zero-order chi connectivity index (χ0) is 18.8. The average Bonchev–Trinajstić information content (AvgIpc) is 3.21. The summed E-state index contributed by atoms with van der Waals surface area (Å²) in [6.07, 6.45) is 10.9. The number of carboxylic acid groups (broad SMARTS) is 1. The molecule has 0 aliphatic carbocycles. The zero-order valence-corrected chi connectivity index (χ0v) is 15.9. The lowest BCUT2D eigenvalue weighted by atomic mass is 9.76. The Labute approximate surface area is 156 Å². The first-order valence-electron chi connectivity index (χ1n) is 10.1. The van der Waals surface area contributed by atoms with Gasteiger partial charge in [-0.25, -0.2) is 0 Å². The summed E-state index contributed by atoms with van der Waals surface area (Å²) in [5, 5.41) is 21.8. The fraction of sp³-hybridized carbons (Fsp3) is 0.850. The van der Waals surface area contributed by atoms with Crippen LogP contribution in [0.4, 0.5) is 0 Å². The van der Waals surface area contributed by atoms with Gasteiger partial charge in [-0.2, -0.15) is 0 Å². The zero-order valence-electron chi connectivity index (χ0n) is 15.9. The van der Waals surface area contributed by atoms with E-state index in [-0.39, 0.29) is 6.42 Å². The molecule has 2 fully saturated rings. The summed E-state index contributed by atoms with van der Waals surface area (Å²) >= 11 is 0. The van der Waals surface area contributed by atoms with E-state index >= 15 is 0 Å². The monoisotopic (exact) mass is 369 g/mol. The van der Waals surface area contributed by atoms with Gasteiger partial charge in [0.05, 0.1) is 24.9 Å². The summed E-state index contributed by atoms with van der Waals surface area (Å²) in [7, 11) is 0. The fourth-order valence-electron chi connectivity index (χ4n) is 4.19. The van der Waals surface area contributed by atoms with Crippen molar-refractivity contribution in [1.82, 2.24) is 5.32 Å². The van der Waals surface area contributed by atoms with Crippen molar-refractivity contribution in [2.75, 3.05) is 26.3 Å². The lowest BCUT2D eigenvalue weighted by Crippen LogP contribution is -2.34. The maximum atomic E-state index is 10.5. The predicted molar refractivity (Wildman–Crippen MR) is 100 cm³/mol. The summed E-state index contributed by atoms with van der Waals surface area (Å²) in [6, 6.07) is 0. The molecule has 0 aromatic carbocycles. The quantitative estimate of drug-likeness (QED) is 0.322. The van der Waals surface area contributed by atoms with Gasteiger partial charge < -0.3 is 25.0 Å². The van der Waals surface area contributed by atoms with Gasteiger partial charge in [-0.1, -0.05) is 12.2 Å². The molecule has 6 nitrogen and oxygen atoms in total. The van der Waals surface area contributed by atoms with Gasteiger partial charge in [0.2, 0.25) is 0 Å². The first kappa shape index (κ1) is 21.4. The minimum atomic E-state index is -0.723. The molecule has 6 heteroatoms. The number of rotatable bonds is 14. The average molecular weight is 370 g/mol. The van der Waals surface area contributed by atoms with Crippen LogP contribution >= 0.6 is 0 Å². The van der Waals surface area contributed by atoms with E-state index in [1.807, 2.05) is 6.92 Å². The lowest BCUT2D eigenvalue weighted by molar-refractivity contribution is -0.137. The molecule has 2 aliphatic heterocycles. The number of hydrogen-bond acceptors (Lipinski definition) is 5. The molecule has 2 aliphatic rings. The van der Waals surface area contributed by atoms with Gasteiger partial charge in [0.15, 0.2) is 0 Å². The van der Waals surface area contributed by atoms with E-state index in [1.54, 1.807) is 0 Å². The Balaban J connectivity index is 1.66. The highest BCUT2D eigenvalue weighted by Crippen LogP contribution is 2.46. The number of nitrogens with one attached hydrogen (secondary N) is 1. The second-order valence-electron chi connectivity index (χ2n) is 7.42. The Hall–Kier alpha value is -0.950. The van der Waals surface area contributed by atoms with Crippen LogP contribution < -0.4 is 5.32 Å². The Morgan fingerprint density at radius 3 is 2.81 bits per heavy atom. The molecule has 0 radical (unpaired) electrons. The van der Waals surface area contributed by atoms with E-state index < -0.39 is 12.1 Å². The Morgan fingerprint density at radius 1 is 1.31 bits per heavy atom. The predicted octanol–water partition coefficient (Wildman–Crippen LogP) is 2.36. The van der Waals surface area contributed by atoms with Crippen LogP contribution in [0.1, 0.15) is 51.9 Å².